The molecule has 1 amide bonds. The number of ether oxygens (including phenoxy) is 2. The molecule has 0 unspecified atom stereocenters. The molecule has 0 N–H and O–H groups in total. The largest absolute Gasteiger partial charge is 0.497 e. The van der Waals surface area contributed by atoms with E-state index in [-0.39, 0.29) is 11.4 Å². The number of aromatic nitrogens is 1. The van der Waals surface area contributed by atoms with Crippen molar-refractivity contribution in [3.8, 4) is 11.5 Å². The van der Waals surface area contributed by atoms with Crippen LogP contribution < -0.4 is 9.47 Å². The Morgan fingerprint density at radius 2 is 2.11 bits per heavy atom. The van der Waals surface area contributed by atoms with Crippen molar-refractivity contribution in [2.45, 2.75) is 38.3 Å². The molecule has 2 aliphatic heterocycles. The Morgan fingerprint density at radius 3 is 2.75 bits per heavy atom. The summed E-state index contributed by atoms with van der Waals surface area (Å²) in [6, 6.07) is 5.40. The molecule has 3 heterocycles. The SMILES string of the molecule is COc1ccc(OC)c(C(=O)N2CCC[C@]3(CCN3Cc3cnc(C)s3)C2)c1. The second-order valence-corrected chi connectivity index (χ2v) is 8.96. The minimum atomic E-state index is 0.0234. The molecule has 1 atom stereocenters. The molecule has 0 bridgehead atoms. The predicted octanol–water partition coefficient (Wildman–Crippen LogP) is 3.35. The third-order valence-electron chi connectivity index (χ3n) is 6.01. The lowest BCUT2D eigenvalue weighted by atomic mass is 9.77. The van der Waals surface area contributed by atoms with Crippen molar-refractivity contribution in [2.75, 3.05) is 33.9 Å². The Labute approximate surface area is 170 Å². The Morgan fingerprint density at radius 1 is 1.25 bits per heavy atom. The first-order chi connectivity index (χ1) is 13.5. The van der Waals surface area contributed by atoms with E-state index in [0.29, 0.717) is 17.1 Å². The quantitative estimate of drug-likeness (QED) is 0.769. The molecule has 2 aromatic rings. The molecule has 1 spiro atoms. The predicted molar refractivity (Wildman–Crippen MR) is 109 cm³/mol. The fraction of sp³-hybridized carbons (Fsp3) is 0.524. The smallest absolute Gasteiger partial charge is 0.257 e. The number of carbonyl (C=O) groups is 1. The normalized spacial score (nSPS) is 22.2. The number of benzene rings is 1. The lowest BCUT2D eigenvalue weighted by Gasteiger charge is -2.57. The molecule has 1 aromatic carbocycles. The molecule has 2 fully saturated rings. The van der Waals surface area contributed by atoms with Gasteiger partial charge in [0.25, 0.3) is 5.91 Å². The molecular formula is C21H27N3O3S. The van der Waals surface area contributed by atoms with E-state index >= 15 is 0 Å². The van der Waals surface area contributed by atoms with Gasteiger partial charge in [-0.25, -0.2) is 4.98 Å². The maximum atomic E-state index is 13.3. The summed E-state index contributed by atoms with van der Waals surface area (Å²) in [5, 5.41) is 1.11. The van der Waals surface area contributed by atoms with Crippen molar-refractivity contribution >= 4 is 17.2 Å². The van der Waals surface area contributed by atoms with Gasteiger partial charge in [0.05, 0.1) is 24.8 Å². The Hall–Kier alpha value is -2.12. The second-order valence-electron chi connectivity index (χ2n) is 7.64. The van der Waals surface area contributed by atoms with Gasteiger partial charge in [-0.05, 0) is 44.4 Å². The van der Waals surface area contributed by atoms with Gasteiger partial charge in [-0.15, -0.1) is 11.3 Å². The van der Waals surface area contributed by atoms with Crippen molar-refractivity contribution in [2.24, 2.45) is 0 Å². The molecule has 150 valence electrons. The number of amides is 1. The number of methoxy groups -OCH3 is 2. The van der Waals surface area contributed by atoms with Crippen LogP contribution in [-0.4, -0.2) is 60.1 Å². The molecule has 0 aliphatic carbocycles. The molecule has 0 saturated carbocycles. The van der Waals surface area contributed by atoms with Crippen molar-refractivity contribution in [1.29, 1.82) is 0 Å². The van der Waals surface area contributed by atoms with Gasteiger partial charge in [0, 0.05) is 42.8 Å². The van der Waals surface area contributed by atoms with Crippen molar-refractivity contribution in [3.05, 3.63) is 39.8 Å². The van der Waals surface area contributed by atoms with Crippen LogP contribution in [0.3, 0.4) is 0 Å². The lowest BCUT2D eigenvalue weighted by molar-refractivity contribution is -0.0643. The van der Waals surface area contributed by atoms with Crippen molar-refractivity contribution in [1.82, 2.24) is 14.8 Å². The van der Waals surface area contributed by atoms with E-state index < -0.39 is 0 Å². The fourth-order valence-corrected chi connectivity index (χ4v) is 5.21. The highest BCUT2D eigenvalue weighted by molar-refractivity contribution is 7.11. The summed E-state index contributed by atoms with van der Waals surface area (Å²) >= 11 is 1.76. The molecule has 6 nitrogen and oxygen atoms in total. The number of hydrogen-bond donors (Lipinski definition) is 0. The summed E-state index contributed by atoms with van der Waals surface area (Å²) in [7, 11) is 3.21. The highest BCUT2D eigenvalue weighted by atomic mass is 32.1. The minimum absolute atomic E-state index is 0.0234. The van der Waals surface area contributed by atoms with Gasteiger partial charge in [-0.1, -0.05) is 0 Å². The number of carbonyl (C=O) groups excluding carboxylic acids is 1. The fourth-order valence-electron chi connectivity index (χ4n) is 4.40. The molecule has 2 saturated heterocycles. The minimum Gasteiger partial charge on any atom is -0.497 e. The monoisotopic (exact) mass is 401 g/mol. The van der Waals surface area contributed by atoms with Crippen LogP contribution in [0.1, 0.15) is 39.5 Å². The highest BCUT2D eigenvalue weighted by Gasteiger charge is 2.48. The summed E-state index contributed by atoms with van der Waals surface area (Å²) in [6.45, 7) is 5.61. The summed E-state index contributed by atoms with van der Waals surface area (Å²) in [6.07, 6.45) is 5.29. The summed E-state index contributed by atoms with van der Waals surface area (Å²) in [4.78, 5) is 23.5. The second kappa shape index (κ2) is 7.72. The maximum absolute atomic E-state index is 13.3. The van der Waals surface area contributed by atoms with Gasteiger partial charge in [-0.3, -0.25) is 9.69 Å². The average Bonchev–Trinajstić information content (AvgIpc) is 3.15. The molecule has 28 heavy (non-hydrogen) atoms. The van der Waals surface area contributed by atoms with E-state index in [1.165, 1.54) is 4.88 Å². The molecule has 7 heteroatoms. The van der Waals surface area contributed by atoms with Crippen molar-refractivity contribution in [3.63, 3.8) is 0 Å². The number of nitrogens with zero attached hydrogens (tertiary/aromatic N) is 3. The number of aryl methyl sites for hydroxylation is 1. The zero-order chi connectivity index (χ0) is 19.7. The zero-order valence-electron chi connectivity index (χ0n) is 16.7. The summed E-state index contributed by atoms with van der Waals surface area (Å²) in [5.74, 6) is 1.29. The Balaban J connectivity index is 1.51. The van der Waals surface area contributed by atoms with Crippen LogP contribution in [0.25, 0.3) is 0 Å². The number of likely N-dealkylation sites (tertiary alicyclic amines) is 2. The van der Waals surface area contributed by atoms with Crippen LogP contribution in [0.5, 0.6) is 11.5 Å². The maximum Gasteiger partial charge on any atom is 0.257 e. The molecular weight excluding hydrogens is 374 g/mol. The first-order valence-corrected chi connectivity index (χ1v) is 10.5. The number of piperidine rings is 1. The van der Waals surface area contributed by atoms with Gasteiger partial charge < -0.3 is 14.4 Å². The standard InChI is InChI=1S/C21H27N3O3S/c1-15-22-12-17(28-15)13-24-10-8-21(24)7-4-9-23(14-21)20(25)18-11-16(26-2)5-6-19(18)27-3/h5-6,11-12H,4,7-10,13-14H2,1-3H3/t21-/m0/s1. The van der Waals surface area contributed by atoms with E-state index in [0.717, 1.165) is 50.4 Å². The van der Waals surface area contributed by atoms with Crippen LogP contribution >= 0.6 is 11.3 Å². The topological polar surface area (TPSA) is 54.9 Å². The van der Waals surface area contributed by atoms with Gasteiger partial charge in [0.15, 0.2) is 0 Å². The average molecular weight is 402 g/mol. The zero-order valence-corrected chi connectivity index (χ0v) is 17.6. The lowest BCUT2D eigenvalue weighted by Crippen LogP contribution is -2.66. The van der Waals surface area contributed by atoms with Crippen molar-refractivity contribution < 1.29 is 14.3 Å². The van der Waals surface area contributed by atoms with Crippen LogP contribution in [0.15, 0.2) is 24.4 Å². The Kier molecular flexibility index (Phi) is 5.29. The molecule has 0 radical (unpaired) electrons. The van der Waals surface area contributed by atoms with E-state index in [4.69, 9.17) is 9.47 Å². The number of thiazole rings is 1. The molecule has 4 rings (SSSR count). The van der Waals surface area contributed by atoms with E-state index in [1.807, 2.05) is 24.1 Å². The van der Waals surface area contributed by atoms with E-state index in [1.54, 1.807) is 37.7 Å². The molecule has 2 aliphatic rings. The number of hydrogen-bond acceptors (Lipinski definition) is 6. The first kappa shape index (κ1) is 19.2. The highest BCUT2D eigenvalue weighted by Crippen LogP contribution is 2.41. The Bertz CT molecular complexity index is 868. The van der Waals surface area contributed by atoms with Crippen LogP contribution in [0.2, 0.25) is 0 Å². The third-order valence-corrected chi connectivity index (χ3v) is 6.91. The summed E-state index contributed by atoms with van der Waals surface area (Å²) < 4.78 is 10.7. The van der Waals surface area contributed by atoms with Gasteiger partial charge in [-0.2, -0.15) is 0 Å². The van der Waals surface area contributed by atoms with Crippen LogP contribution in [0, 0.1) is 6.92 Å². The van der Waals surface area contributed by atoms with Gasteiger partial charge >= 0.3 is 0 Å². The number of rotatable bonds is 5. The van der Waals surface area contributed by atoms with Crippen LogP contribution in [0.4, 0.5) is 0 Å². The third kappa shape index (κ3) is 3.49. The van der Waals surface area contributed by atoms with E-state index in [2.05, 4.69) is 9.88 Å². The van der Waals surface area contributed by atoms with Gasteiger partial charge in [0.2, 0.25) is 0 Å². The van der Waals surface area contributed by atoms with E-state index in [9.17, 15) is 4.79 Å². The first-order valence-electron chi connectivity index (χ1n) is 9.72. The van der Waals surface area contributed by atoms with Gasteiger partial charge in [0.1, 0.15) is 11.5 Å². The van der Waals surface area contributed by atoms with Crippen LogP contribution in [-0.2, 0) is 6.54 Å². The molecule has 1 aromatic heterocycles. The summed E-state index contributed by atoms with van der Waals surface area (Å²) in [5.41, 5.74) is 0.667.